The van der Waals surface area contributed by atoms with Crippen molar-refractivity contribution < 1.29 is 9.59 Å². The van der Waals surface area contributed by atoms with E-state index in [-0.39, 0.29) is 11.6 Å². The number of carbonyl (C=O) groups excluding carboxylic acids is 2. The second kappa shape index (κ2) is 6.37. The Morgan fingerprint density at radius 1 is 0.857 bits per heavy atom. The maximum absolute atomic E-state index is 11.1. The quantitative estimate of drug-likeness (QED) is 0.508. The summed E-state index contributed by atoms with van der Waals surface area (Å²) in [5.41, 5.74) is 0. The fourth-order valence-electron chi connectivity index (χ4n) is 0.983. The number of carbonyl (C=O) groups is 2. The van der Waals surface area contributed by atoms with Crippen LogP contribution in [0.5, 0.6) is 0 Å². The highest BCUT2D eigenvalue weighted by Gasteiger charge is 2.03. The van der Waals surface area contributed by atoms with Crippen LogP contribution in [0.2, 0.25) is 0 Å². The molecule has 0 saturated carbocycles. The fourth-order valence-corrected chi connectivity index (χ4v) is 0.983. The highest BCUT2D eigenvalue weighted by atomic mass is 16.1. The van der Waals surface area contributed by atoms with Gasteiger partial charge in [-0.1, -0.05) is 27.7 Å². The Bertz CT molecular complexity index is 238. The van der Waals surface area contributed by atoms with Crippen LogP contribution in [0.3, 0.4) is 0 Å². The van der Waals surface area contributed by atoms with Crippen molar-refractivity contribution in [3.05, 3.63) is 0 Å². The lowest BCUT2D eigenvalue weighted by Crippen LogP contribution is -2.02. The maximum atomic E-state index is 11.1. The Labute approximate surface area is 86.1 Å². The largest absolute Gasteiger partial charge is 0.285 e. The first-order chi connectivity index (χ1) is 6.41. The second-order valence-corrected chi connectivity index (χ2v) is 4.29. The molecule has 0 atom stereocenters. The van der Waals surface area contributed by atoms with Gasteiger partial charge in [0, 0.05) is 12.8 Å². The molecular formula is C12H18O2. The summed E-state index contributed by atoms with van der Waals surface area (Å²) in [6, 6.07) is 0. The standard InChI is InChI=1S/C12H18O2/c1-9(2)7-11(13)5-6-12(14)8-10(3)4/h9-10H,7-8H2,1-4H3. The van der Waals surface area contributed by atoms with E-state index in [1.54, 1.807) is 0 Å². The molecular weight excluding hydrogens is 176 g/mol. The van der Waals surface area contributed by atoms with E-state index in [9.17, 15) is 9.59 Å². The molecule has 0 spiro atoms. The molecule has 0 heterocycles. The summed E-state index contributed by atoms with van der Waals surface area (Å²) in [5, 5.41) is 0. The highest BCUT2D eigenvalue weighted by molar-refractivity contribution is 6.04. The van der Waals surface area contributed by atoms with Gasteiger partial charge in [-0.2, -0.15) is 0 Å². The first kappa shape index (κ1) is 12.9. The van der Waals surface area contributed by atoms with E-state index in [1.165, 1.54) is 0 Å². The molecule has 0 aliphatic carbocycles. The first-order valence-corrected chi connectivity index (χ1v) is 4.99. The molecule has 0 bridgehead atoms. The van der Waals surface area contributed by atoms with Gasteiger partial charge in [0.05, 0.1) is 0 Å². The van der Waals surface area contributed by atoms with E-state index >= 15 is 0 Å². The third kappa shape index (κ3) is 7.54. The van der Waals surface area contributed by atoms with Crippen molar-refractivity contribution in [1.29, 1.82) is 0 Å². The third-order valence-electron chi connectivity index (χ3n) is 1.53. The van der Waals surface area contributed by atoms with Crippen molar-refractivity contribution in [3.63, 3.8) is 0 Å². The lowest BCUT2D eigenvalue weighted by Gasteiger charge is -1.97. The van der Waals surface area contributed by atoms with Crippen LogP contribution in [0.25, 0.3) is 0 Å². The monoisotopic (exact) mass is 194 g/mol. The molecule has 0 aliphatic heterocycles. The van der Waals surface area contributed by atoms with Crippen molar-refractivity contribution in [2.75, 3.05) is 0 Å². The van der Waals surface area contributed by atoms with Crippen molar-refractivity contribution >= 4 is 11.6 Å². The van der Waals surface area contributed by atoms with Gasteiger partial charge in [0.2, 0.25) is 11.6 Å². The zero-order valence-electron chi connectivity index (χ0n) is 9.39. The molecule has 2 heteroatoms. The molecule has 0 rings (SSSR count). The van der Waals surface area contributed by atoms with Crippen LogP contribution in [0.15, 0.2) is 0 Å². The molecule has 0 saturated heterocycles. The average molecular weight is 194 g/mol. The van der Waals surface area contributed by atoms with Crippen molar-refractivity contribution in [3.8, 4) is 11.8 Å². The summed E-state index contributed by atoms with van der Waals surface area (Å²) in [5.74, 6) is 5.08. The van der Waals surface area contributed by atoms with Gasteiger partial charge in [0.15, 0.2) is 0 Å². The van der Waals surface area contributed by atoms with E-state index in [0.717, 1.165) is 0 Å². The molecule has 0 unspecified atom stereocenters. The van der Waals surface area contributed by atoms with Gasteiger partial charge in [0.25, 0.3) is 0 Å². The van der Waals surface area contributed by atoms with Gasteiger partial charge in [-0.25, -0.2) is 0 Å². The predicted molar refractivity (Wildman–Crippen MR) is 56.7 cm³/mol. The van der Waals surface area contributed by atoms with Crippen LogP contribution < -0.4 is 0 Å². The van der Waals surface area contributed by atoms with Crippen molar-refractivity contribution in [1.82, 2.24) is 0 Å². The van der Waals surface area contributed by atoms with Gasteiger partial charge < -0.3 is 0 Å². The summed E-state index contributed by atoms with van der Waals surface area (Å²) in [6.45, 7) is 7.82. The topological polar surface area (TPSA) is 34.1 Å². The molecule has 0 radical (unpaired) electrons. The SMILES string of the molecule is CC(C)CC(=O)C#CC(=O)CC(C)C. The zero-order valence-corrected chi connectivity index (χ0v) is 9.39. The number of hydrogen-bond acceptors (Lipinski definition) is 2. The number of Topliss-reactive ketones (excluding diaryl/α,β-unsaturated/α-hetero) is 2. The van der Waals surface area contributed by atoms with Crippen LogP contribution in [0, 0.1) is 23.7 Å². The van der Waals surface area contributed by atoms with Gasteiger partial charge in [-0.3, -0.25) is 9.59 Å². The normalized spacial score (nSPS) is 9.86. The van der Waals surface area contributed by atoms with Crippen LogP contribution >= 0.6 is 0 Å². The average Bonchev–Trinajstić information content (AvgIpc) is 1.98. The first-order valence-electron chi connectivity index (χ1n) is 4.99. The van der Waals surface area contributed by atoms with Gasteiger partial charge >= 0.3 is 0 Å². The summed E-state index contributed by atoms with van der Waals surface area (Å²) >= 11 is 0. The van der Waals surface area contributed by atoms with Gasteiger partial charge in [0.1, 0.15) is 0 Å². The lowest BCUT2D eigenvalue weighted by molar-refractivity contribution is -0.116. The zero-order chi connectivity index (χ0) is 11.1. The molecule has 2 nitrogen and oxygen atoms in total. The van der Waals surface area contributed by atoms with Crippen LogP contribution in [0.4, 0.5) is 0 Å². The number of rotatable bonds is 4. The van der Waals surface area contributed by atoms with E-state index in [4.69, 9.17) is 0 Å². The van der Waals surface area contributed by atoms with Crippen molar-refractivity contribution in [2.45, 2.75) is 40.5 Å². The molecule has 78 valence electrons. The van der Waals surface area contributed by atoms with Gasteiger partial charge in [-0.05, 0) is 23.7 Å². The Balaban J connectivity index is 4.03. The summed E-state index contributed by atoms with van der Waals surface area (Å²) in [7, 11) is 0. The Morgan fingerprint density at radius 2 is 1.14 bits per heavy atom. The summed E-state index contributed by atoms with van der Waals surface area (Å²) < 4.78 is 0. The van der Waals surface area contributed by atoms with E-state index in [2.05, 4.69) is 11.8 Å². The molecule has 0 aliphatic rings. The molecule has 0 fully saturated rings. The van der Waals surface area contributed by atoms with Crippen LogP contribution in [0.1, 0.15) is 40.5 Å². The van der Waals surface area contributed by atoms with E-state index in [1.807, 2.05) is 27.7 Å². The Hall–Kier alpha value is -1.10. The van der Waals surface area contributed by atoms with E-state index < -0.39 is 0 Å². The molecule has 14 heavy (non-hydrogen) atoms. The van der Waals surface area contributed by atoms with E-state index in [0.29, 0.717) is 24.7 Å². The predicted octanol–water partition coefficient (Wildman–Crippen LogP) is 2.22. The fraction of sp³-hybridized carbons (Fsp3) is 0.667. The number of hydrogen-bond donors (Lipinski definition) is 0. The highest BCUT2D eigenvalue weighted by Crippen LogP contribution is 2.00. The molecule has 0 aromatic carbocycles. The smallest absolute Gasteiger partial charge is 0.206 e. The van der Waals surface area contributed by atoms with Gasteiger partial charge in [-0.15, -0.1) is 0 Å². The molecule has 0 aromatic rings. The second-order valence-electron chi connectivity index (χ2n) is 4.29. The van der Waals surface area contributed by atoms with Crippen LogP contribution in [-0.4, -0.2) is 11.6 Å². The Morgan fingerprint density at radius 3 is 1.36 bits per heavy atom. The number of ketones is 2. The van der Waals surface area contributed by atoms with Crippen molar-refractivity contribution in [2.24, 2.45) is 11.8 Å². The third-order valence-corrected chi connectivity index (χ3v) is 1.53. The molecule has 0 N–H and O–H groups in total. The summed E-state index contributed by atoms with van der Waals surface area (Å²) in [4.78, 5) is 22.2. The lowest BCUT2D eigenvalue weighted by atomic mass is 10.1. The minimum Gasteiger partial charge on any atom is -0.285 e. The maximum Gasteiger partial charge on any atom is 0.206 e. The molecule has 0 amide bonds. The minimum absolute atomic E-state index is 0.142. The van der Waals surface area contributed by atoms with Crippen LogP contribution in [-0.2, 0) is 9.59 Å². The minimum atomic E-state index is -0.142. The Kier molecular flexibility index (Phi) is 5.87. The summed E-state index contributed by atoms with van der Waals surface area (Å²) in [6.07, 6.45) is 0.865. The molecule has 0 aromatic heterocycles.